The fourth-order valence-corrected chi connectivity index (χ4v) is 1.98. The summed E-state index contributed by atoms with van der Waals surface area (Å²) < 4.78 is 8.31. The zero-order valence-corrected chi connectivity index (χ0v) is 11.9. The average molecular weight is 301 g/mol. The van der Waals surface area contributed by atoms with Crippen LogP contribution in [0.3, 0.4) is 0 Å². The highest BCUT2D eigenvalue weighted by Gasteiger charge is 2.23. The number of amides is 1. The van der Waals surface area contributed by atoms with Crippen molar-refractivity contribution < 1.29 is 24.2 Å². The summed E-state index contributed by atoms with van der Waals surface area (Å²) in [7, 11) is 0. The highest BCUT2D eigenvalue weighted by Crippen LogP contribution is 2.10. The van der Waals surface area contributed by atoms with Gasteiger partial charge in [0.15, 0.2) is 0 Å². The van der Waals surface area contributed by atoms with E-state index in [-0.39, 0.29) is 24.3 Å². The van der Waals surface area contributed by atoms with E-state index >= 15 is 0 Å². The number of carboxylic acid groups (broad SMARTS) is 1. The second-order valence-electron chi connectivity index (χ2n) is 3.90. The van der Waals surface area contributed by atoms with Gasteiger partial charge in [0, 0.05) is 6.42 Å². The minimum Gasteiger partial charge on any atom is -0.480 e. The molecule has 0 unspecified atom stereocenters. The van der Waals surface area contributed by atoms with E-state index in [1.165, 1.54) is 0 Å². The standard InChI is InChI=1S/C11H15N3O5S/c1-3-19-8(15)5-4-7(11(17)18)12-10(16)9-6(2)13-14-20-9/h7H,3-5H2,1-2H3,(H,12,16)(H,17,18)/t7-/m0/s1. The molecule has 0 radical (unpaired) electrons. The van der Waals surface area contributed by atoms with Gasteiger partial charge in [-0.25, -0.2) is 4.79 Å². The summed E-state index contributed by atoms with van der Waals surface area (Å²) >= 11 is 0.886. The Kier molecular flexibility index (Phi) is 6.04. The second-order valence-corrected chi connectivity index (χ2v) is 4.65. The van der Waals surface area contributed by atoms with Gasteiger partial charge in [0.1, 0.15) is 10.9 Å². The van der Waals surface area contributed by atoms with E-state index in [1.807, 2.05) is 0 Å². The molecule has 8 nitrogen and oxygen atoms in total. The first-order chi connectivity index (χ1) is 9.45. The minimum absolute atomic E-state index is 0.0365. The average Bonchev–Trinajstić information content (AvgIpc) is 2.80. The van der Waals surface area contributed by atoms with Crippen LogP contribution in [0.4, 0.5) is 0 Å². The molecule has 2 N–H and O–H groups in total. The SMILES string of the molecule is CCOC(=O)CC[C@H](NC(=O)c1snnc1C)C(=O)O. The molecule has 0 aromatic carbocycles. The molecule has 0 spiro atoms. The lowest BCUT2D eigenvalue weighted by atomic mass is 10.1. The number of esters is 1. The molecule has 0 saturated carbocycles. The smallest absolute Gasteiger partial charge is 0.326 e. The van der Waals surface area contributed by atoms with Crippen LogP contribution in [0.15, 0.2) is 0 Å². The van der Waals surface area contributed by atoms with Crippen molar-refractivity contribution >= 4 is 29.4 Å². The summed E-state index contributed by atoms with van der Waals surface area (Å²) in [5.41, 5.74) is 0.432. The molecule has 1 atom stereocenters. The normalized spacial score (nSPS) is 11.7. The fourth-order valence-electron chi connectivity index (χ4n) is 1.42. The lowest BCUT2D eigenvalue weighted by molar-refractivity contribution is -0.144. The summed E-state index contributed by atoms with van der Waals surface area (Å²) in [4.78, 5) is 34.4. The third-order valence-electron chi connectivity index (χ3n) is 2.40. The van der Waals surface area contributed by atoms with Crippen LogP contribution in [-0.4, -0.2) is 45.2 Å². The van der Waals surface area contributed by atoms with Crippen molar-refractivity contribution in [3.63, 3.8) is 0 Å². The molecule has 0 aliphatic carbocycles. The predicted octanol–water partition coefficient (Wildman–Crippen LogP) is 0.373. The predicted molar refractivity (Wildman–Crippen MR) is 69.4 cm³/mol. The van der Waals surface area contributed by atoms with Crippen molar-refractivity contribution in [2.45, 2.75) is 32.7 Å². The molecule has 110 valence electrons. The van der Waals surface area contributed by atoms with Crippen molar-refractivity contribution in [2.75, 3.05) is 6.61 Å². The number of carbonyl (C=O) groups excluding carboxylic acids is 2. The van der Waals surface area contributed by atoms with Gasteiger partial charge >= 0.3 is 11.9 Å². The third-order valence-corrected chi connectivity index (χ3v) is 3.23. The molecule has 0 aliphatic rings. The molecule has 9 heteroatoms. The maximum Gasteiger partial charge on any atom is 0.326 e. The second kappa shape index (κ2) is 7.53. The van der Waals surface area contributed by atoms with E-state index in [1.54, 1.807) is 13.8 Å². The van der Waals surface area contributed by atoms with E-state index in [4.69, 9.17) is 9.84 Å². The van der Waals surface area contributed by atoms with E-state index in [2.05, 4.69) is 14.9 Å². The molecule has 1 amide bonds. The molecule has 20 heavy (non-hydrogen) atoms. The number of rotatable bonds is 7. The van der Waals surface area contributed by atoms with Gasteiger partial charge in [-0.2, -0.15) is 0 Å². The van der Waals surface area contributed by atoms with Crippen LogP contribution < -0.4 is 5.32 Å². The molecule has 0 aliphatic heterocycles. The number of hydrogen-bond donors (Lipinski definition) is 2. The first-order valence-corrected chi connectivity index (χ1v) is 6.71. The van der Waals surface area contributed by atoms with Crippen molar-refractivity contribution in [3.8, 4) is 0 Å². The Hall–Kier alpha value is -2.03. The Morgan fingerprint density at radius 3 is 2.65 bits per heavy atom. The summed E-state index contributed by atoms with van der Waals surface area (Å²) in [5.74, 6) is -2.27. The number of nitrogens with one attached hydrogen (secondary N) is 1. The zero-order valence-electron chi connectivity index (χ0n) is 11.1. The van der Waals surface area contributed by atoms with Crippen LogP contribution in [0.25, 0.3) is 0 Å². The van der Waals surface area contributed by atoms with Crippen LogP contribution in [0.5, 0.6) is 0 Å². The Balaban J connectivity index is 2.59. The van der Waals surface area contributed by atoms with Crippen LogP contribution in [0, 0.1) is 6.92 Å². The number of carboxylic acids is 1. The summed E-state index contributed by atoms with van der Waals surface area (Å²) in [6.45, 7) is 3.50. The van der Waals surface area contributed by atoms with Crippen molar-refractivity contribution in [2.24, 2.45) is 0 Å². The van der Waals surface area contributed by atoms with Gasteiger partial charge in [0.25, 0.3) is 5.91 Å². The third kappa shape index (κ3) is 4.57. The largest absolute Gasteiger partial charge is 0.480 e. The number of nitrogens with zero attached hydrogens (tertiary/aromatic N) is 2. The van der Waals surface area contributed by atoms with Crippen LogP contribution in [0.1, 0.15) is 35.1 Å². The highest BCUT2D eigenvalue weighted by molar-refractivity contribution is 7.08. The number of aliphatic carboxylic acids is 1. The van der Waals surface area contributed by atoms with Crippen LogP contribution in [-0.2, 0) is 14.3 Å². The van der Waals surface area contributed by atoms with Gasteiger partial charge in [0.2, 0.25) is 0 Å². The van der Waals surface area contributed by atoms with Crippen LogP contribution >= 0.6 is 11.5 Å². The summed E-state index contributed by atoms with van der Waals surface area (Å²) in [6.07, 6.45) is -0.115. The zero-order chi connectivity index (χ0) is 15.1. The monoisotopic (exact) mass is 301 g/mol. The number of aromatic nitrogens is 2. The molecule has 0 bridgehead atoms. The van der Waals surface area contributed by atoms with Gasteiger partial charge in [-0.1, -0.05) is 4.49 Å². The Morgan fingerprint density at radius 2 is 2.15 bits per heavy atom. The van der Waals surface area contributed by atoms with Gasteiger partial charge < -0.3 is 15.2 Å². The van der Waals surface area contributed by atoms with E-state index in [9.17, 15) is 14.4 Å². The molecular formula is C11H15N3O5S. The van der Waals surface area contributed by atoms with Crippen molar-refractivity contribution in [1.29, 1.82) is 0 Å². The van der Waals surface area contributed by atoms with Gasteiger partial charge in [-0.05, 0) is 31.8 Å². The topological polar surface area (TPSA) is 118 Å². The van der Waals surface area contributed by atoms with Crippen molar-refractivity contribution in [1.82, 2.24) is 14.9 Å². The van der Waals surface area contributed by atoms with Crippen LogP contribution in [0.2, 0.25) is 0 Å². The van der Waals surface area contributed by atoms with Gasteiger partial charge in [0.05, 0.1) is 12.3 Å². The summed E-state index contributed by atoms with van der Waals surface area (Å²) in [6, 6.07) is -1.16. The molecule has 0 saturated heterocycles. The lowest BCUT2D eigenvalue weighted by Crippen LogP contribution is -2.41. The first kappa shape index (κ1) is 16.0. The molecule has 1 aromatic heterocycles. The number of ether oxygens (including phenoxy) is 1. The number of aryl methyl sites for hydroxylation is 1. The first-order valence-electron chi connectivity index (χ1n) is 5.94. The maximum absolute atomic E-state index is 11.9. The van der Waals surface area contributed by atoms with Gasteiger partial charge in [-0.3, -0.25) is 9.59 Å². The van der Waals surface area contributed by atoms with Crippen molar-refractivity contribution in [3.05, 3.63) is 10.6 Å². The highest BCUT2D eigenvalue weighted by atomic mass is 32.1. The van der Waals surface area contributed by atoms with E-state index in [0.29, 0.717) is 5.69 Å². The minimum atomic E-state index is -1.21. The van der Waals surface area contributed by atoms with Gasteiger partial charge in [-0.15, -0.1) is 5.10 Å². The summed E-state index contributed by atoms with van der Waals surface area (Å²) in [5, 5.41) is 15.1. The molecule has 0 fully saturated rings. The lowest BCUT2D eigenvalue weighted by Gasteiger charge is -2.13. The Labute approximate surface area is 119 Å². The molecule has 1 aromatic rings. The Bertz CT molecular complexity index is 502. The Morgan fingerprint density at radius 1 is 1.45 bits per heavy atom. The number of carbonyl (C=O) groups is 3. The molecule has 1 rings (SSSR count). The fraction of sp³-hybridized carbons (Fsp3) is 0.545. The number of hydrogen-bond acceptors (Lipinski definition) is 7. The van der Waals surface area contributed by atoms with E-state index < -0.39 is 23.9 Å². The quantitative estimate of drug-likeness (QED) is 0.698. The maximum atomic E-state index is 11.9. The molecule has 1 heterocycles. The molecular weight excluding hydrogens is 286 g/mol. The van der Waals surface area contributed by atoms with E-state index in [0.717, 1.165) is 11.5 Å².